The summed E-state index contributed by atoms with van der Waals surface area (Å²) in [6.45, 7) is 2.03. The molecular weight excluding hydrogens is 296 g/mol. The van der Waals surface area contributed by atoms with Crippen LogP contribution in [0.5, 0.6) is 0 Å². The molecule has 100 valence electrons. The molecule has 0 aliphatic carbocycles. The molecule has 20 heavy (non-hydrogen) atoms. The highest BCUT2D eigenvalue weighted by Crippen LogP contribution is 2.28. The largest absolute Gasteiger partial charge is 0.257 e. The number of aromatic nitrogens is 6. The summed E-state index contributed by atoms with van der Waals surface area (Å²) in [5.74, 6) is 0.346. The number of halogens is 1. The number of hydrogen-bond donors (Lipinski definition) is 0. The molecule has 3 aromatic rings. The Hall–Kier alpha value is -1.99. The highest BCUT2D eigenvalue weighted by atomic mass is 35.5. The first-order valence-corrected chi connectivity index (χ1v) is 6.92. The van der Waals surface area contributed by atoms with Crippen molar-refractivity contribution in [3.05, 3.63) is 47.8 Å². The summed E-state index contributed by atoms with van der Waals surface area (Å²) in [6, 6.07) is 7.99. The Kier molecular flexibility index (Phi) is 3.62. The Morgan fingerprint density at radius 2 is 2.00 bits per heavy atom. The highest BCUT2D eigenvalue weighted by molar-refractivity contribution is 7.99. The lowest BCUT2D eigenvalue weighted by Crippen LogP contribution is -2.04. The fourth-order valence-electron chi connectivity index (χ4n) is 1.55. The molecule has 0 bridgehead atoms. The Balaban J connectivity index is 1.97. The molecule has 0 aliphatic rings. The predicted molar refractivity (Wildman–Crippen MR) is 75.1 cm³/mol. The second kappa shape index (κ2) is 5.56. The summed E-state index contributed by atoms with van der Waals surface area (Å²) >= 11 is 7.37. The van der Waals surface area contributed by atoms with Gasteiger partial charge in [-0.05, 0) is 41.9 Å². The van der Waals surface area contributed by atoms with Crippen molar-refractivity contribution in [2.75, 3.05) is 0 Å². The zero-order valence-corrected chi connectivity index (χ0v) is 12.0. The van der Waals surface area contributed by atoms with Crippen molar-refractivity contribution in [1.82, 2.24) is 29.7 Å². The van der Waals surface area contributed by atoms with Gasteiger partial charge < -0.3 is 0 Å². The van der Waals surface area contributed by atoms with Gasteiger partial charge >= 0.3 is 0 Å². The van der Waals surface area contributed by atoms with Gasteiger partial charge in [-0.1, -0.05) is 18.2 Å². The second-order valence-electron chi connectivity index (χ2n) is 3.89. The molecule has 0 unspecified atom stereocenters. The molecule has 0 saturated heterocycles. The molecule has 6 nitrogen and oxygen atoms in total. The van der Waals surface area contributed by atoms with Gasteiger partial charge in [0.25, 0.3) is 5.95 Å². The van der Waals surface area contributed by atoms with E-state index in [1.54, 1.807) is 0 Å². The molecule has 0 saturated carbocycles. The summed E-state index contributed by atoms with van der Waals surface area (Å²) in [5, 5.41) is 4.62. The fourth-order valence-corrected chi connectivity index (χ4v) is 2.59. The molecule has 0 atom stereocenters. The first-order valence-electron chi connectivity index (χ1n) is 5.72. The minimum Gasteiger partial charge on any atom is -0.223 e. The number of aryl methyl sites for hydroxylation is 1. The molecule has 8 heteroatoms. The van der Waals surface area contributed by atoms with E-state index in [9.17, 15) is 0 Å². The number of rotatable bonds is 3. The summed E-state index contributed by atoms with van der Waals surface area (Å²) in [4.78, 5) is 17.4. The van der Waals surface area contributed by atoms with Crippen molar-refractivity contribution in [2.24, 2.45) is 0 Å². The molecule has 2 aromatic heterocycles. The normalized spacial score (nSPS) is 10.7. The van der Waals surface area contributed by atoms with Crippen molar-refractivity contribution in [2.45, 2.75) is 17.0 Å². The minimum atomic E-state index is 0.126. The van der Waals surface area contributed by atoms with Gasteiger partial charge in [0.2, 0.25) is 5.28 Å². The molecule has 0 radical (unpaired) electrons. The standard InChI is InChI=1S/C12H9ClN6S/c1-8-4-2-3-5-9(8)20-12-17-10(13)16-11(18-12)19-7-14-6-15-19/h2-7H,1H3. The SMILES string of the molecule is Cc1ccccc1Sc1nc(Cl)nc(-n2cncn2)n1. The van der Waals surface area contributed by atoms with E-state index in [4.69, 9.17) is 11.6 Å². The topological polar surface area (TPSA) is 69.4 Å². The van der Waals surface area contributed by atoms with Gasteiger partial charge in [0.15, 0.2) is 5.16 Å². The fraction of sp³-hybridized carbons (Fsp3) is 0.0833. The van der Waals surface area contributed by atoms with Gasteiger partial charge in [-0.25, -0.2) is 4.98 Å². The number of nitrogens with zero attached hydrogens (tertiary/aromatic N) is 6. The van der Waals surface area contributed by atoms with Crippen molar-refractivity contribution < 1.29 is 0 Å². The lowest BCUT2D eigenvalue weighted by molar-refractivity contribution is 0.757. The van der Waals surface area contributed by atoms with E-state index in [1.807, 2.05) is 31.2 Å². The number of hydrogen-bond acceptors (Lipinski definition) is 6. The van der Waals surface area contributed by atoms with Crippen LogP contribution >= 0.6 is 23.4 Å². The quantitative estimate of drug-likeness (QED) is 0.740. The molecule has 0 N–H and O–H groups in total. The summed E-state index contributed by atoms with van der Waals surface area (Å²) in [7, 11) is 0. The van der Waals surface area contributed by atoms with Crippen molar-refractivity contribution in [3.63, 3.8) is 0 Å². The third kappa shape index (κ3) is 2.78. The van der Waals surface area contributed by atoms with Crippen LogP contribution in [-0.2, 0) is 0 Å². The van der Waals surface area contributed by atoms with E-state index in [1.165, 1.54) is 29.1 Å². The van der Waals surface area contributed by atoms with E-state index in [-0.39, 0.29) is 5.28 Å². The molecule has 0 aliphatic heterocycles. The first kappa shape index (κ1) is 13.0. The van der Waals surface area contributed by atoms with Gasteiger partial charge in [0, 0.05) is 4.90 Å². The Bertz CT molecular complexity index is 731. The Labute approximate surface area is 124 Å². The van der Waals surface area contributed by atoms with E-state index in [0.717, 1.165) is 10.5 Å². The molecule has 0 amide bonds. The van der Waals surface area contributed by atoms with Gasteiger partial charge in [0.1, 0.15) is 12.7 Å². The van der Waals surface area contributed by atoms with Crippen molar-refractivity contribution in [1.29, 1.82) is 0 Å². The van der Waals surface area contributed by atoms with Crippen LogP contribution in [0.1, 0.15) is 5.56 Å². The summed E-state index contributed by atoms with van der Waals surface area (Å²) in [6.07, 6.45) is 2.92. The van der Waals surface area contributed by atoms with Crippen molar-refractivity contribution in [3.8, 4) is 5.95 Å². The number of benzene rings is 1. The molecule has 3 rings (SSSR count). The maximum absolute atomic E-state index is 5.94. The van der Waals surface area contributed by atoms with Crippen LogP contribution in [0.15, 0.2) is 47.0 Å². The van der Waals surface area contributed by atoms with Gasteiger partial charge in [-0.15, -0.1) is 0 Å². The van der Waals surface area contributed by atoms with Crippen LogP contribution < -0.4 is 0 Å². The average Bonchev–Trinajstić information content (AvgIpc) is 2.95. The van der Waals surface area contributed by atoms with Crippen LogP contribution in [0.2, 0.25) is 5.28 Å². The van der Waals surface area contributed by atoms with E-state index in [2.05, 4.69) is 25.0 Å². The van der Waals surface area contributed by atoms with Crippen LogP contribution in [0.4, 0.5) is 0 Å². The monoisotopic (exact) mass is 304 g/mol. The Morgan fingerprint density at radius 3 is 2.75 bits per heavy atom. The lowest BCUT2D eigenvalue weighted by Gasteiger charge is -2.05. The average molecular weight is 305 g/mol. The summed E-state index contributed by atoms with van der Waals surface area (Å²) < 4.78 is 1.44. The molecule has 1 aromatic carbocycles. The Morgan fingerprint density at radius 1 is 1.15 bits per heavy atom. The van der Waals surface area contributed by atoms with Gasteiger partial charge in [-0.2, -0.15) is 24.7 Å². The molecule has 0 fully saturated rings. The summed E-state index contributed by atoms with van der Waals surface area (Å²) in [5.41, 5.74) is 1.15. The van der Waals surface area contributed by atoms with Crippen LogP contribution in [0.25, 0.3) is 5.95 Å². The van der Waals surface area contributed by atoms with Crippen LogP contribution in [0.3, 0.4) is 0 Å². The second-order valence-corrected chi connectivity index (χ2v) is 5.24. The lowest BCUT2D eigenvalue weighted by atomic mass is 10.2. The van der Waals surface area contributed by atoms with E-state index >= 15 is 0 Å². The third-order valence-corrected chi connectivity index (χ3v) is 3.71. The van der Waals surface area contributed by atoms with Crippen molar-refractivity contribution >= 4 is 23.4 Å². The molecule has 2 heterocycles. The van der Waals surface area contributed by atoms with E-state index in [0.29, 0.717) is 11.1 Å². The maximum atomic E-state index is 5.94. The zero-order valence-electron chi connectivity index (χ0n) is 10.4. The van der Waals surface area contributed by atoms with Gasteiger partial charge in [-0.3, -0.25) is 0 Å². The molecule has 0 spiro atoms. The minimum absolute atomic E-state index is 0.126. The van der Waals surface area contributed by atoms with E-state index < -0.39 is 0 Å². The predicted octanol–water partition coefficient (Wildman–Crippen LogP) is 2.57. The van der Waals surface area contributed by atoms with Gasteiger partial charge in [0.05, 0.1) is 0 Å². The smallest absolute Gasteiger partial charge is 0.223 e. The van der Waals surface area contributed by atoms with Crippen LogP contribution in [0, 0.1) is 6.92 Å². The maximum Gasteiger partial charge on any atom is 0.257 e. The molecular formula is C12H9ClN6S. The zero-order chi connectivity index (χ0) is 13.9. The highest BCUT2D eigenvalue weighted by Gasteiger charge is 2.09. The third-order valence-electron chi connectivity index (χ3n) is 2.49. The first-order chi connectivity index (χ1) is 9.72. The van der Waals surface area contributed by atoms with Crippen LogP contribution in [-0.4, -0.2) is 29.7 Å².